The zero-order chi connectivity index (χ0) is 13.7. The fourth-order valence-electron chi connectivity index (χ4n) is 1.30. The average Bonchev–Trinajstić information content (AvgIpc) is 2.21. The van der Waals surface area contributed by atoms with Gasteiger partial charge in [0.1, 0.15) is 0 Å². The summed E-state index contributed by atoms with van der Waals surface area (Å²) in [7, 11) is 0. The van der Waals surface area contributed by atoms with Crippen LogP contribution in [0.5, 0.6) is 0 Å². The molecule has 102 valence electrons. The van der Waals surface area contributed by atoms with Gasteiger partial charge in [-0.05, 0) is 27.2 Å². The van der Waals surface area contributed by atoms with Crippen molar-refractivity contribution in [2.75, 3.05) is 13.2 Å². The van der Waals surface area contributed by atoms with Gasteiger partial charge >= 0.3 is 0 Å². The van der Waals surface area contributed by atoms with E-state index in [1.807, 2.05) is 27.7 Å². The van der Waals surface area contributed by atoms with E-state index in [0.29, 0.717) is 6.42 Å². The lowest BCUT2D eigenvalue weighted by atomic mass is 9.89. The van der Waals surface area contributed by atoms with Crippen LogP contribution in [-0.4, -0.2) is 40.4 Å². The van der Waals surface area contributed by atoms with Gasteiger partial charge in [0.25, 0.3) is 0 Å². The van der Waals surface area contributed by atoms with Crippen molar-refractivity contribution in [2.45, 2.75) is 57.8 Å². The molecule has 6 heteroatoms. The van der Waals surface area contributed by atoms with Crippen LogP contribution in [-0.2, 0) is 4.74 Å². The van der Waals surface area contributed by atoms with Crippen LogP contribution in [0.3, 0.4) is 0 Å². The normalized spacial score (nSPS) is 17.5. The summed E-state index contributed by atoms with van der Waals surface area (Å²) >= 11 is 0. The van der Waals surface area contributed by atoms with Crippen molar-refractivity contribution in [3.63, 3.8) is 0 Å². The minimum absolute atomic E-state index is 0.0465. The summed E-state index contributed by atoms with van der Waals surface area (Å²) in [6.45, 7) is 7.42. The molecule has 0 aliphatic carbocycles. The summed E-state index contributed by atoms with van der Waals surface area (Å²) in [6.07, 6.45) is -0.382. The maximum atomic E-state index is 10.3. The highest BCUT2D eigenvalue weighted by atomic mass is 16.6. The molecule has 2 atom stereocenters. The summed E-state index contributed by atoms with van der Waals surface area (Å²) in [6, 6.07) is 0. The minimum atomic E-state index is -0.930. The SMILES string of the molecule is CCC(N)(COC(C)(C)C)C(O)CC[N+](=O)[O-]. The van der Waals surface area contributed by atoms with Gasteiger partial charge < -0.3 is 15.6 Å². The lowest BCUT2D eigenvalue weighted by molar-refractivity contribution is -0.482. The number of ether oxygens (including phenoxy) is 1. The van der Waals surface area contributed by atoms with Crippen molar-refractivity contribution in [2.24, 2.45) is 5.73 Å². The lowest BCUT2D eigenvalue weighted by Crippen LogP contribution is -2.55. The molecular formula is C11H24N2O4. The highest BCUT2D eigenvalue weighted by molar-refractivity contribution is 4.91. The Bertz CT molecular complexity index is 252. The number of nitro groups is 1. The number of hydrogen-bond acceptors (Lipinski definition) is 5. The first kappa shape index (κ1) is 16.3. The topological polar surface area (TPSA) is 98.6 Å². The molecule has 0 rings (SSSR count). The Morgan fingerprint density at radius 2 is 2.00 bits per heavy atom. The summed E-state index contributed by atoms with van der Waals surface area (Å²) in [5.74, 6) is 0. The Labute approximate surface area is 102 Å². The van der Waals surface area contributed by atoms with Crippen LogP contribution < -0.4 is 5.73 Å². The first-order valence-electron chi connectivity index (χ1n) is 5.83. The van der Waals surface area contributed by atoms with Crippen molar-refractivity contribution in [3.05, 3.63) is 10.1 Å². The zero-order valence-corrected chi connectivity index (χ0v) is 11.1. The predicted octanol–water partition coefficient (Wildman–Crippen LogP) is 0.937. The molecule has 0 saturated carbocycles. The minimum Gasteiger partial charge on any atom is -0.391 e. The molecule has 0 aromatic heterocycles. The lowest BCUT2D eigenvalue weighted by Gasteiger charge is -2.35. The van der Waals surface area contributed by atoms with E-state index >= 15 is 0 Å². The van der Waals surface area contributed by atoms with Gasteiger partial charge in [-0.25, -0.2) is 0 Å². The molecule has 17 heavy (non-hydrogen) atoms. The van der Waals surface area contributed by atoms with Crippen molar-refractivity contribution in [3.8, 4) is 0 Å². The van der Waals surface area contributed by atoms with E-state index in [1.165, 1.54) is 0 Å². The van der Waals surface area contributed by atoms with E-state index < -0.39 is 16.6 Å². The Hall–Kier alpha value is -0.720. The molecular weight excluding hydrogens is 224 g/mol. The molecule has 0 heterocycles. The van der Waals surface area contributed by atoms with E-state index in [0.717, 1.165) is 0 Å². The van der Waals surface area contributed by atoms with E-state index in [4.69, 9.17) is 10.5 Å². The van der Waals surface area contributed by atoms with Crippen molar-refractivity contribution < 1.29 is 14.8 Å². The molecule has 6 nitrogen and oxygen atoms in total. The van der Waals surface area contributed by atoms with Gasteiger partial charge in [-0.15, -0.1) is 0 Å². The number of aliphatic hydroxyl groups is 1. The van der Waals surface area contributed by atoms with Gasteiger partial charge in [0.05, 0.1) is 23.9 Å². The number of hydrogen-bond donors (Lipinski definition) is 2. The average molecular weight is 248 g/mol. The predicted molar refractivity (Wildman–Crippen MR) is 65.4 cm³/mol. The number of nitrogens with two attached hydrogens (primary N) is 1. The third kappa shape index (κ3) is 6.55. The smallest absolute Gasteiger partial charge is 0.206 e. The van der Waals surface area contributed by atoms with E-state index in [9.17, 15) is 15.2 Å². The molecule has 2 unspecified atom stereocenters. The van der Waals surface area contributed by atoms with Crippen LogP contribution in [0.2, 0.25) is 0 Å². The fraction of sp³-hybridized carbons (Fsp3) is 1.00. The van der Waals surface area contributed by atoms with Gasteiger partial charge in [0.15, 0.2) is 0 Å². The summed E-state index contributed by atoms with van der Waals surface area (Å²) < 4.78 is 5.56. The maximum Gasteiger partial charge on any atom is 0.206 e. The Kier molecular flexibility index (Phi) is 6.01. The van der Waals surface area contributed by atoms with Crippen LogP contribution in [0.15, 0.2) is 0 Å². The number of nitrogens with zero attached hydrogens (tertiary/aromatic N) is 1. The monoisotopic (exact) mass is 248 g/mol. The van der Waals surface area contributed by atoms with Crippen LogP contribution in [0.4, 0.5) is 0 Å². The van der Waals surface area contributed by atoms with Gasteiger partial charge in [-0.1, -0.05) is 6.92 Å². The molecule has 0 aliphatic rings. The van der Waals surface area contributed by atoms with Gasteiger partial charge in [0, 0.05) is 11.3 Å². The number of aliphatic hydroxyl groups excluding tert-OH is 1. The third-order valence-electron chi connectivity index (χ3n) is 2.68. The van der Waals surface area contributed by atoms with Gasteiger partial charge in [-0.3, -0.25) is 10.1 Å². The van der Waals surface area contributed by atoms with E-state index in [2.05, 4.69) is 0 Å². The van der Waals surface area contributed by atoms with Gasteiger partial charge in [-0.2, -0.15) is 0 Å². The Morgan fingerprint density at radius 1 is 1.47 bits per heavy atom. The molecule has 0 bridgehead atoms. The summed E-state index contributed by atoms with van der Waals surface area (Å²) in [5.41, 5.74) is 4.76. The molecule has 0 saturated heterocycles. The van der Waals surface area contributed by atoms with Crippen LogP contribution in [0, 0.1) is 10.1 Å². The molecule has 0 fully saturated rings. The van der Waals surface area contributed by atoms with E-state index in [-0.39, 0.29) is 25.2 Å². The van der Waals surface area contributed by atoms with Crippen molar-refractivity contribution >= 4 is 0 Å². The van der Waals surface area contributed by atoms with Gasteiger partial charge in [0.2, 0.25) is 6.54 Å². The highest BCUT2D eigenvalue weighted by Gasteiger charge is 2.34. The highest BCUT2D eigenvalue weighted by Crippen LogP contribution is 2.19. The van der Waals surface area contributed by atoms with E-state index in [1.54, 1.807) is 0 Å². The molecule has 0 aromatic carbocycles. The number of rotatable bonds is 7. The van der Waals surface area contributed by atoms with Crippen molar-refractivity contribution in [1.29, 1.82) is 0 Å². The second-order valence-corrected chi connectivity index (χ2v) is 5.35. The Balaban J connectivity index is 4.38. The standard InChI is InChI=1S/C11H24N2O4/c1-5-11(12,8-17-10(2,3)4)9(14)6-7-13(15)16/h9,14H,5-8,12H2,1-4H3. The first-order chi connectivity index (χ1) is 7.60. The molecule has 0 aromatic rings. The van der Waals surface area contributed by atoms with Crippen LogP contribution in [0.1, 0.15) is 40.5 Å². The molecule has 0 aliphatic heterocycles. The summed E-state index contributed by atoms with van der Waals surface area (Å²) in [5, 5.41) is 20.2. The summed E-state index contributed by atoms with van der Waals surface area (Å²) in [4.78, 5) is 9.80. The zero-order valence-electron chi connectivity index (χ0n) is 11.1. The maximum absolute atomic E-state index is 10.3. The van der Waals surface area contributed by atoms with Crippen molar-refractivity contribution in [1.82, 2.24) is 0 Å². The van der Waals surface area contributed by atoms with Crippen LogP contribution >= 0.6 is 0 Å². The van der Waals surface area contributed by atoms with Crippen LogP contribution in [0.25, 0.3) is 0 Å². The third-order valence-corrected chi connectivity index (χ3v) is 2.68. The quantitative estimate of drug-likeness (QED) is 0.516. The molecule has 3 N–H and O–H groups in total. The fourth-order valence-corrected chi connectivity index (χ4v) is 1.30. The Morgan fingerprint density at radius 3 is 2.35 bits per heavy atom. The largest absolute Gasteiger partial charge is 0.391 e. The first-order valence-corrected chi connectivity index (χ1v) is 5.83. The second-order valence-electron chi connectivity index (χ2n) is 5.35. The second kappa shape index (κ2) is 6.28. The molecule has 0 spiro atoms. The molecule has 0 radical (unpaired) electrons. The molecule has 0 amide bonds.